The summed E-state index contributed by atoms with van der Waals surface area (Å²) in [6.07, 6.45) is 3.58. The van der Waals surface area contributed by atoms with E-state index in [2.05, 4.69) is 52.9 Å². The van der Waals surface area contributed by atoms with Crippen molar-refractivity contribution in [3.8, 4) is 0 Å². The van der Waals surface area contributed by atoms with Crippen molar-refractivity contribution in [1.29, 1.82) is 0 Å². The second kappa shape index (κ2) is 6.52. The van der Waals surface area contributed by atoms with Crippen molar-refractivity contribution >= 4 is 11.6 Å². The number of hydrogen-bond donors (Lipinski definition) is 1. The first-order valence-corrected chi connectivity index (χ1v) is 13.3. The molecule has 2 heterocycles. The fourth-order valence-electron chi connectivity index (χ4n) is 3.34. The number of amidine groups is 1. The van der Waals surface area contributed by atoms with Crippen LogP contribution in [0.5, 0.6) is 0 Å². The van der Waals surface area contributed by atoms with Gasteiger partial charge in [-0.2, -0.15) is 0 Å². The van der Waals surface area contributed by atoms with Gasteiger partial charge in [-0.1, -0.05) is 0 Å². The zero-order chi connectivity index (χ0) is 17.6. The Balaban J connectivity index is 2.32. The molecule has 0 saturated carbocycles. The van der Waals surface area contributed by atoms with Crippen LogP contribution in [-0.2, 0) is 28.1 Å². The van der Waals surface area contributed by atoms with Crippen LogP contribution in [0.25, 0.3) is 0 Å². The Hall–Kier alpha value is -0.342. The standard InChI is InChI=1S/C16H27N3O2P.W/c1-10-15(4,5)14(19-9-8-13(17)18-12(19)3)20-16(10,6)11(2)21-22-7;/h8-11,14H,3H2,1-2,4-7H3,(H2,17,18);/q-1;+2/t10-,11?,14+,16-;/m0./s1. The van der Waals surface area contributed by atoms with Crippen LogP contribution < -0.4 is 5.73 Å². The topological polar surface area (TPSA) is 60.1 Å². The average Bonchev–Trinajstić information content (AvgIpc) is 2.60. The van der Waals surface area contributed by atoms with Crippen molar-refractivity contribution in [2.45, 2.75) is 52.6 Å². The van der Waals surface area contributed by atoms with E-state index in [9.17, 15) is 0 Å². The third-order valence-corrected chi connectivity index (χ3v) is 6.85. The van der Waals surface area contributed by atoms with E-state index in [0.717, 1.165) is 0 Å². The molecule has 2 aliphatic heterocycles. The molecular formula is C16H27N3O2PW+. The zero-order valence-corrected chi connectivity index (χ0v) is 18.6. The van der Waals surface area contributed by atoms with Gasteiger partial charge in [-0.25, -0.2) is 0 Å². The summed E-state index contributed by atoms with van der Waals surface area (Å²) in [7, 11) is 0. The van der Waals surface area contributed by atoms with Gasteiger partial charge in [0, 0.05) is 0 Å². The van der Waals surface area contributed by atoms with Gasteiger partial charge in [0.05, 0.1) is 0 Å². The molecule has 2 rings (SSSR count). The van der Waals surface area contributed by atoms with Crippen LogP contribution in [0.15, 0.2) is 29.7 Å². The van der Waals surface area contributed by atoms with Crippen molar-refractivity contribution in [1.82, 2.24) is 4.90 Å². The molecular weight excluding hydrogens is 481 g/mol. The first-order valence-electron chi connectivity index (χ1n) is 7.75. The molecule has 0 aromatic rings. The molecule has 5 nitrogen and oxygen atoms in total. The monoisotopic (exact) mass is 508 g/mol. The maximum atomic E-state index is 6.58. The summed E-state index contributed by atoms with van der Waals surface area (Å²) in [5, 5.41) is 0. The summed E-state index contributed by atoms with van der Waals surface area (Å²) in [6.45, 7) is 17.2. The van der Waals surface area contributed by atoms with Gasteiger partial charge in [-0.05, 0) is 0 Å². The predicted octanol–water partition coefficient (Wildman–Crippen LogP) is 3.32. The molecule has 0 amide bonds. The van der Waals surface area contributed by atoms with Crippen molar-refractivity contribution in [3.63, 3.8) is 0 Å². The van der Waals surface area contributed by atoms with E-state index < -0.39 is 0 Å². The molecule has 1 fully saturated rings. The molecule has 23 heavy (non-hydrogen) atoms. The second-order valence-corrected chi connectivity index (χ2v) is 13.7. The van der Waals surface area contributed by atoms with E-state index in [0.29, 0.717) is 17.6 Å². The Morgan fingerprint density at radius 2 is 2.13 bits per heavy atom. The molecule has 2 unspecified atom stereocenters. The molecule has 0 radical (unpaired) electrons. The maximum absolute atomic E-state index is 6.58. The Morgan fingerprint density at radius 1 is 1.52 bits per heavy atom. The van der Waals surface area contributed by atoms with Gasteiger partial charge in [-0.3, -0.25) is 0 Å². The Kier molecular flexibility index (Phi) is 5.38. The minimum atomic E-state index is -0.361. The van der Waals surface area contributed by atoms with E-state index in [1.54, 1.807) is 6.08 Å². The zero-order valence-electron chi connectivity index (χ0n) is 14.7. The number of nitrogens with zero attached hydrogens (tertiary/aromatic N) is 2. The Bertz CT molecular complexity index is 590. The van der Waals surface area contributed by atoms with E-state index in [4.69, 9.17) is 15.0 Å². The SMILES string of the molecule is C=C1N=C(N)C=CN1[C@@H]1O[C@](C)(C(C)O[P+](C)=[W])[C@@H](C)C1(C)C. The summed E-state index contributed by atoms with van der Waals surface area (Å²) < 4.78 is 12.7. The molecule has 0 bridgehead atoms. The molecule has 0 aromatic carbocycles. The molecule has 0 spiro atoms. The fraction of sp³-hybridized carbons (Fsp3) is 0.688. The van der Waals surface area contributed by atoms with Gasteiger partial charge in [-0.15, -0.1) is 0 Å². The van der Waals surface area contributed by atoms with Crippen LogP contribution in [-0.4, -0.2) is 35.3 Å². The van der Waals surface area contributed by atoms with Crippen LogP contribution in [0.1, 0.15) is 34.6 Å². The Morgan fingerprint density at radius 3 is 2.65 bits per heavy atom. The summed E-state index contributed by atoms with van der Waals surface area (Å²) >= 11 is 1.49. The van der Waals surface area contributed by atoms with Gasteiger partial charge in [0.2, 0.25) is 0 Å². The Labute approximate surface area is 150 Å². The number of aliphatic imine (C=N–C) groups is 1. The van der Waals surface area contributed by atoms with Crippen LogP contribution in [0.2, 0.25) is 0 Å². The molecule has 7 heteroatoms. The molecule has 0 aromatic heterocycles. The van der Waals surface area contributed by atoms with Crippen LogP contribution in [0.3, 0.4) is 0 Å². The summed E-state index contributed by atoms with van der Waals surface area (Å²) in [6, 6.07) is 0. The summed E-state index contributed by atoms with van der Waals surface area (Å²) in [5.74, 6) is 1.04. The van der Waals surface area contributed by atoms with E-state index >= 15 is 0 Å². The molecule has 2 N–H and O–H groups in total. The third-order valence-electron chi connectivity index (χ3n) is 5.31. The van der Waals surface area contributed by atoms with Crippen molar-refractivity contribution < 1.29 is 28.1 Å². The summed E-state index contributed by atoms with van der Waals surface area (Å²) in [4.78, 5) is 6.26. The average molecular weight is 508 g/mol. The van der Waals surface area contributed by atoms with Gasteiger partial charge in [0.25, 0.3) is 0 Å². The number of ether oxygens (including phenoxy) is 1. The van der Waals surface area contributed by atoms with Crippen molar-refractivity contribution in [3.05, 3.63) is 24.7 Å². The van der Waals surface area contributed by atoms with Gasteiger partial charge in [0.1, 0.15) is 0 Å². The molecule has 2 aliphatic rings. The second-order valence-electron chi connectivity index (χ2n) is 7.06. The van der Waals surface area contributed by atoms with Crippen molar-refractivity contribution in [2.75, 3.05) is 6.66 Å². The molecule has 0 aliphatic carbocycles. The predicted molar refractivity (Wildman–Crippen MR) is 91.4 cm³/mol. The molecule has 1 saturated heterocycles. The number of nitrogens with two attached hydrogens (primary N) is 1. The van der Waals surface area contributed by atoms with E-state index in [1.165, 1.54) is 18.8 Å². The third kappa shape index (κ3) is 3.39. The summed E-state index contributed by atoms with van der Waals surface area (Å²) in [5.41, 5.74) is 5.31. The van der Waals surface area contributed by atoms with Crippen LogP contribution >= 0.6 is 5.78 Å². The quantitative estimate of drug-likeness (QED) is 0.593. The number of hydrogen-bond acceptors (Lipinski definition) is 5. The first-order chi connectivity index (χ1) is 10.5. The van der Waals surface area contributed by atoms with Gasteiger partial charge >= 0.3 is 151 Å². The van der Waals surface area contributed by atoms with Gasteiger partial charge in [0.15, 0.2) is 0 Å². The first kappa shape index (κ1) is 19.0. The van der Waals surface area contributed by atoms with Crippen LogP contribution in [0.4, 0.5) is 0 Å². The minimum absolute atomic E-state index is 0.0333. The fourth-order valence-corrected chi connectivity index (χ4v) is 5.38. The van der Waals surface area contributed by atoms with Crippen molar-refractivity contribution in [2.24, 2.45) is 22.1 Å². The molecule has 5 atom stereocenters. The van der Waals surface area contributed by atoms with E-state index in [1.807, 2.05) is 11.1 Å². The molecule has 128 valence electrons. The number of rotatable bonds is 4. The van der Waals surface area contributed by atoms with Crippen LogP contribution in [0, 0.1) is 11.3 Å². The van der Waals surface area contributed by atoms with Gasteiger partial charge < -0.3 is 0 Å². The van der Waals surface area contributed by atoms with E-state index in [-0.39, 0.29) is 29.1 Å². The normalized spacial score (nSPS) is 35.2.